The predicted molar refractivity (Wildman–Crippen MR) is 25.6 cm³/mol. The van der Waals surface area contributed by atoms with Gasteiger partial charge in [0.15, 0.2) is 0 Å². The summed E-state index contributed by atoms with van der Waals surface area (Å²) in [4.78, 5) is 0. The van der Waals surface area contributed by atoms with Crippen molar-refractivity contribution in [3.8, 4) is 0 Å². The van der Waals surface area contributed by atoms with Gasteiger partial charge >= 0.3 is 11.2 Å². The van der Waals surface area contributed by atoms with E-state index in [0.29, 0.717) is 0 Å². The Kier molecular flexibility index (Phi) is 2.29. The maximum absolute atomic E-state index is 11.6. The summed E-state index contributed by atoms with van der Waals surface area (Å²) in [5, 5.41) is -5.05. The molecule has 0 aromatic carbocycles. The van der Waals surface area contributed by atoms with Crippen LogP contribution in [0, 0.1) is 6.92 Å². The van der Waals surface area contributed by atoms with Crippen molar-refractivity contribution in [2.75, 3.05) is 0 Å². The van der Waals surface area contributed by atoms with E-state index >= 15 is 0 Å². The molecule has 10 heavy (non-hydrogen) atoms. The second-order valence-electron chi connectivity index (χ2n) is 1.50. The highest BCUT2D eigenvalue weighted by atomic mass is 32.2. The Morgan fingerprint density at radius 1 is 1.10 bits per heavy atom. The lowest BCUT2D eigenvalue weighted by molar-refractivity contribution is -0.122. The average Bonchev–Trinajstić information content (AvgIpc) is 1.62. The maximum atomic E-state index is 11.6. The standard InChI is InChI=1S/C3H3F4O2S/c1-2(4,5)3(6,7)10(8)9/h10H,1H2. The fourth-order valence-electron chi connectivity index (χ4n) is 0.134. The van der Waals surface area contributed by atoms with Gasteiger partial charge in [-0.1, -0.05) is 0 Å². The van der Waals surface area contributed by atoms with Gasteiger partial charge in [0, 0.05) is 6.92 Å². The molecule has 0 aliphatic carbocycles. The lowest BCUT2D eigenvalue weighted by Gasteiger charge is -2.15. The summed E-state index contributed by atoms with van der Waals surface area (Å²) in [5.41, 5.74) is 0. The summed E-state index contributed by atoms with van der Waals surface area (Å²) in [6.07, 6.45) is 0. The molecule has 0 heterocycles. The molecule has 2 nitrogen and oxygen atoms in total. The van der Waals surface area contributed by atoms with Gasteiger partial charge in [0.05, 0.1) is 0 Å². The monoisotopic (exact) mass is 179 g/mol. The Morgan fingerprint density at radius 3 is 1.40 bits per heavy atom. The molecule has 0 bridgehead atoms. The lowest BCUT2D eigenvalue weighted by atomic mass is 10.4. The lowest BCUT2D eigenvalue weighted by Crippen LogP contribution is -2.38. The van der Waals surface area contributed by atoms with E-state index in [9.17, 15) is 26.0 Å². The molecule has 0 unspecified atom stereocenters. The zero-order valence-corrected chi connectivity index (χ0v) is 5.38. The Bertz CT molecular complexity index is 183. The molecule has 0 amide bonds. The summed E-state index contributed by atoms with van der Waals surface area (Å²) >= 11 is 0. The van der Waals surface area contributed by atoms with Crippen LogP contribution in [0.2, 0.25) is 0 Å². The second kappa shape index (κ2) is 2.37. The first kappa shape index (κ1) is 9.67. The molecular weight excluding hydrogens is 176 g/mol. The highest BCUT2D eigenvalue weighted by Gasteiger charge is 2.55. The van der Waals surface area contributed by atoms with Crippen molar-refractivity contribution in [2.24, 2.45) is 0 Å². The zero-order valence-electron chi connectivity index (χ0n) is 4.48. The molecular formula is C3H3F4O2S. The minimum atomic E-state index is -5.05. The normalized spacial score (nSPS) is 14.2. The van der Waals surface area contributed by atoms with Crippen LogP contribution in [0.3, 0.4) is 0 Å². The van der Waals surface area contributed by atoms with Gasteiger partial charge in [-0.15, -0.1) is 0 Å². The third-order valence-electron chi connectivity index (χ3n) is 0.669. The highest BCUT2D eigenvalue weighted by molar-refractivity contribution is 7.73. The van der Waals surface area contributed by atoms with Crippen LogP contribution in [0.1, 0.15) is 0 Å². The highest BCUT2D eigenvalue weighted by Crippen LogP contribution is 2.33. The van der Waals surface area contributed by atoms with Crippen molar-refractivity contribution in [3.05, 3.63) is 6.92 Å². The number of thiol groups is 1. The summed E-state index contributed by atoms with van der Waals surface area (Å²) < 4.78 is 65.2. The van der Waals surface area contributed by atoms with Gasteiger partial charge in [0.2, 0.25) is 10.7 Å². The van der Waals surface area contributed by atoms with E-state index in [1.807, 2.05) is 0 Å². The maximum Gasteiger partial charge on any atom is 0.404 e. The quantitative estimate of drug-likeness (QED) is 0.499. The van der Waals surface area contributed by atoms with Crippen LogP contribution in [0.25, 0.3) is 0 Å². The number of hydrogen-bond donors (Lipinski definition) is 1. The van der Waals surface area contributed by atoms with E-state index in [-0.39, 0.29) is 0 Å². The first-order chi connectivity index (χ1) is 4.19. The molecule has 0 aromatic heterocycles. The van der Waals surface area contributed by atoms with Crippen LogP contribution in [0.4, 0.5) is 17.6 Å². The van der Waals surface area contributed by atoms with Gasteiger partial charge in [0.25, 0.3) is 0 Å². The van der Waals surface area contributed by atoms with E-state index in [0.717, 1.165) is 0 Å². The van der Waals surface area contributed by atoms with Gasteiger partial charge in [-0.3, -0.25) is 0 Å². The fourth-order valence-corrected chi connectivity index (χ4v) is 0.401. The molecule has 0 aromatic rings. The summed E-state index contributed by atoms with van der Waals surface area (Å²) in [6, 6.07) is 0. The van der Waals surface area contributed by atoms with Crippen molar-refractivity contribution in [2.45, 2.75) is 11.2 Å². The van der Waals surface area contributed by atoms with Gasteiger partial charge in [0.1, 0.15) is 0 Å². The molecule has 0 rings (SSSR count). The molecule has 1 radical (unpaired) electrons. The average molecular weight is 179 g/mol. The molecule has 0 N–H and O–H groups in total. The fraction of sp³-hybridized carbons (Fsp3) is 0.667. The summed E-state index contributed by atoms with van der Waals surface area (Å²) in [5.74, 6) is -4.76. The van der Waals surface area contributed by atoms with Crippen molar-refractivity contribution in [3.63, 3.8) is 0 Å². The number of halogens is 4. The first-order valence-electron chi connectivity index (χ1n) is 1.95. The Hall–Kier alpha value is -0.330. The van der Waals surface area contributed by atoms with Crippen LogP contribution in [-0.2, 0) is 10.7 Å². The van der Waals surface area contributed by atoms with Crippen molar-refractivity contribution >= 4 is 10.7 Å². The van der Waals surface area contributed by atoms with Gasteiger partial charge in [-0.25, -0.2) is 8.42 Å². The van der Waals surface area contributed by atoms with E-state index < -0.39 is 21.9 Å². The minimum absolute atomic E-state index is 1.70. The number of rotatable bonds is 2. The molecule has 0 spiro atoms. The molecule has 7 heteroatoms. The van der Waals surface area contributed by atoms with Crippen LogP contribution in [-0.4, -0.2) is 19.6 Å². The molecule has 0 saturated carbocycles. The number of alkyl halides is 4. The predicted octanol–water partition coefficient (Wildman–Crippen LogP) is 0.660. The zero-order chi connectivity index (χ0) is 8.58. The Morgan fingerprint density at radius 2 is 1.40 bits per heavy atom. The smallest absolute Gasteiger partial charge is 0.225 e. The first-order valence-corrected chi connectivity index (χ1v) is 3.13. The molecule has 0 aliphatic rings. The summed E-state index contributed by atoms with van der Waals surface area (Å²) in [6.45, 7) is 1.70. The van der Waals surface area contributed by atoms with Crippen molar-refractivity contribution in [1.29, 1.82) is 0 Å². The third kappa shape index (κ3) is 1.59. The van der Waals surface area contributed by atoms with E-state index in [1.165, 1.54) is 0 Å². The Balaban J connectivity index is 4.75. The molecule has 0 atom stereocenters. The van der Waals surface area contributed by atoms with Crippen molar-refractivity contribution < 1.29 is 26.0 Å². The summed E-state index contributed by atoms with van der Waals surface area (Å²) in [7, 11) is -4.48. The third-order valence-corrected chi connectivity index (χ3v) is 1.46. The molecule has 0 fully saturated rings. The molecule has 61 valence electrons. The van der Waals surface area contributed by atoms with Crippen LogP contribution in [0.5, 0.6) is 0 Å². The van der Waals surface area contributed by atoms with E-state index in [4.69, 9.17) is 0 Å². The van der Waals surface area contributed by atoms with Crippen LogP contribution < -0.4 is 0 Å². The van der Waals surface area contributed by atoms with Crippen molar-refractivity contribution in [1.82, 2.24) is 0 Å². The van der Waals surface area contributed by atoms with E-state index in [1.54, 1.807) is 6.92 Å². The van der Waals surface area contributed by atoms with Crippen LogP contribution >= 0.6 is 0 Å². The topological polar surface area (TPSA) is 34.1 Å². The largest absolute Gasteiger partial charge is 0.404 e. The Labute approximate surface area is 55.8 Å². The van der Waals surface area contributed by atoms with Crippen LogP contribution in [0.15, 0.2) is 0 Å². The minimum Gasteiger partial charge on any atom is -0.225 e. The molecule has 0 aliphatic heterocycles. The van der Waals surface area contributed by atoms with Gasteiger partial charge < -0.3 is 0 Å². The SMILES string of the molecule is [CH2]C(F)(F)C(F)(F)[SH](=O)=O. The second-order valence-corrected chi connectivity index (χ2v) is 2.58. The van der Waals surface area contributed by atoms with Gasteiger partial charge in [-0.2, -0.15) is 17.6 Å². The number of hydrogen-bond acceptors (Lipinski definition) is 2. The molecule has 0 saturated heterocycles. The van der Waals surface area contributed by atoms with Gasteiger partial charge in [-0.05, 0) is 0 Å². The van der Waals surface area contributed by atoms with E-state index in [2.05, 4.69) is 0 Å².